The molecule has 1 aliphatic heterocycles. The molecule has 0 spiro atoms. The third-order valence-corrected chi connectivity index (χ3v) is 4.29. The first-order valence-corrected chi connectivity index (χ1v) is 7.39. The highest BCUT2D eigenvalue weighted by molar-refractivity contribution is 7.89. The van der Waals surface area contributed by atoms with E-state index in [1.165, 1.54) is 0 Å². The lowest BCUT2D eigenvalue weighted by Gasteiger charge is -2.11. The number of ether oxygens (including phenoxy) is 1. The molecule has 110 valence electrons. The van der Waals surface area contributed by atoms with E-state index in [0.717, 1.165) is 25.1 Å². The Kier molecular flexibility index (Phi) is 4.16. The molecule has 1 aromatic heterocycles. The summed E-state index contributed by atoms with van der Waals surface area (Å²) in [4.78, 5) is 13.2. The van der Waals surface area contributed by atoms with Crippen LogP contribution in [-0.4, -0.2) is 37.6 Å². The SMILES string of the molecule is Nc1ncc(S(=O)(=O)NCC2CCCO2)cc1[N+](=O)[O-]. The molecule has 2 rings (SSSR count). The van der Waals surface area contributed by atoms with Crippen LogP contribution in [0.15, 0.2) is 17.2 Å². The number of anilines is 1. The second-order valence-corrected chi connectivity index (χ2v) is 6.09. The number of hydrogen-bond donors (Lipinski definition) is 2. The predicted molar refractivity (Wildman–Crippen MR) is 69.5 cm³/mol. The van der Waals surface area contributed by atoms with Crippen LogP contribution in [0.5, 0.6) is 0 Å². The van der Waals surface area contributed by atoms with Crippen molar-refractivity contribution < 1.29 is 18.1 Å². The van der Waals surface area contributed by atoms with Crippen LogP contribution in [0.4, 0.5) is 11.5 Å². The molecule has 0 aliphatic carbocycles. The minimum atomic E-state index is -3.87. The fraction of sp³-hybridized carbons (Fsp3) is 0.500. The Labute approximate surface area is 115 Å². The summed E-state index contributed by atoms with van der Waals surface area (Å²) in [6.07, 6.45) is 2.49. The molecule has 0 amide bonds. The molecular weight excluding hydrogens is 288 g/mol. The van der Waals surface area contributed by atoms with E-state index in [-0.39, 0.29) is 23.4 Å². The van der Waals surface area contributed by atoms with Gasteiger partial charge in [0.25, 0.3) is 0 Å². The zero-order valence-electron chi connectivity index (χ0n) is 10.5. The number of nitrogens with two attached hydrogens (primary N) is 1. The Morgan fingerprint density at radius 3 is 2.95 bits per heavy atom. The Bertz CT molecular complexity index is 612. The van der Waals surface area contributed by atoms with E-state index in [9.17, 15) is 18.5 Å². The van der Waals surface area contributed by atoms with Gasteiger partial charge in [0.15, 0.2) is 0 Å². The fourth-order valence-electron chi connectivity index (χ4n) is 1.83. The van der Waals surface area contributed by atoms with Crippen molar-refractivity contribution in [2.75, 3.05) is 18.9 Å². The van der Waals surface area contributed by atoms with Gasteiger partial charge >= 0.3 is 5.69 Å². The highest BCUT2D eigenvalue weighted by atomic mass is 32.2. The largest absolute Gasteiger partial charge is 0.378 e. The third-order valence-electron chi connectivity index (χ3n) is 2.90. The monoisotopic (exact) mass is 302 g/mol. The molecule has 0 radical (unpaired) electrons. The average molecular weight is 302 g/mol. The molecule has 0 saturated carbocycles. The number of sulfonamides is 1. The zero-order valence-corrected chi connectivity index (χ0v) is 11.3. The van der Waals surface area contributed by atoms with Gasteiger partial charge in [-0.2, -0.15) is 0 Å². The normalized spacial score (nSPS) is 19.1. The Morgan fingerprint density at radius 2 is 2.35 bits per heavy atom. The van der Waals surface area contributed by atoms with Crippen LogP contribution < -0.4 is 10.5 Å². The molecule has 1 unspecified atom stereocenters. The van der Waals surface area contributed by atoms with Gasteiger partial charge in [0, 0.05) is 25.4 Å². The van der Waals surface area contributed by atoms with E-state index in [4.69, 9.17) is 10.5 Å². The summed E-state index contributed by atoms with van der Waals surface area (Å²) in [7, 11) is -3.87. The Morgan fingerprint density at radius 1 is 1.60 bits per heavy atom. The highest BCUT2D eigenvalue weighted by Crippen LogP contribution is 2.22. The van der Waals surface area contributed by atoms with Crippen molar-refractivity contribution in [2.24, 2.45) is 0 Å². The number of nitro groups is 1. The lowest BCUT2D eigenvalue weighted by Crippen LogP contribution is -2.32. The van der Waals surface area contributed by atoms with E-state index >= 15 is 0 Å². The second-order valence-electron chi connectivity index (χ2n) is 4.32. The summed E-state index contributed by atoms with van der Waals surface area (Å²) in [5.41, 5.74) is 4.78. The van der Waals surface area contributed by atoms with Crippen LogP contribution in [0.25, 0.3) is 0 Å². The van der Waals surface area contributed by atoms with E-state index in [2.05, 4.69) is 9.71 Å². The van der Waals surface area contributed by atoms with E-state index < -0.39 is 20.6 Å². The topological polar surface area (TPSA) is 137 Å². The highest BCUT2D eigenvalue weighted by Gasteiger charge is 2.23. The summed E-state index contributed by atoms with van der Waals surface area (Å²) in [6.45, 7) is 0.738. The van der Waals surface area contributed by atoms with Crippen molar-refractivity contribution in [3.05, 3.63) is 22.4 Å². The predicted octanol–water partition coefficient (Wildman–Crippen LogP) is 0.0293. The minimum Gasteiger partial charge on any atom is -0.378 e. The number of pyridine rings is 1. The molecule has 1 atom stereocenters. The van der Waals surface area contributed by atoms with Gasteiger partial charge < -0.3 is 10.5 Å². The molecule has 20 heavy (non-hydrogen) atoms. The lowest BCUT2D eigenvalue weighted by atomic mass is 10.2. The van der Waals surface area contributed by atoms with Gasteiger partial charge in [-0.25, -0.2) is 18.1 Å². The van der Waals surface area contributed by atoms with Gasteiger partial charge in [0.05, 0.1) is 11.0 Å². The van der Waals surface area contributed by atoms with Crippen molar-refractivity contribution in [2.45, 2.75) is 23.8 Å². The van der Waals surface area contributed by atoms with Crippen molar-refractivity contribution in [1.29, 1.82) is 0 Å². The molecule has 1 aromatic rings. The summed E-state index contributed by atoms with van der Waals surface area (Å²) in [5, 5.41) is 10.7. The number of hydrogen-bond acceptors (Lipinski definition) is 7. The van der Waals surface area contributed by atoms with E-state index in [1.807, 2.05) is 0 Å². The number of nitrogens with zero attached hydrogens (tertiary/aromatic N) is 2. The Hall–Kier alpha value is -1.78. The average Bonchev–Trinajstić information content (AvgIpc) is 2.89. The molecule has 0 bridgehead atoms. The van der Waals surface area contributed by atoms with Gasteiger partial charge in [0.2, 0.25) is 15.8 Å². The standard InChI is InChI=1S/C10H14N4O5S/c11-10-9(14(15)16)4-8(6-12-10)20(17,18)13-5-7-2-1-3-19-7/h4,6-7,13H,1-3,5H2,(H2,11,12). The summed E-state index contributed by atoms with van der Waals surface area (Å²) < 4.78 is 31.7. The Balaban J connectivity index is 2.16. The van der Waals surface area contributed by atoms with Crippen LogP contribution in [0.3, 0.4) is 0 Å². The van der Waals surface area contributed by atoms with Crippen molar-refractivity contribution >= 4 is 21.5 Å². The molecule has 1 saturated heterocycles. The number of rotatable bonds is 5. The molecule has 9 nitrogen and oxygen atoms in total. The fourth-order valence-corrected chi connectivity index (χ4v) is 2.86. The summed E-state index contributed by atoms with van der Waals surface area (Å²) >= 11 is 0. The first-order valence-electron chi connectivity index (χ1n) is 5.91. The molecule has 0 aromatic carbocycles. The van der Waals surface area contributed by atoms with Crippen LogP contribution in [0.1, 0.15) is 12.8 Å². The third kappa shape index (κ3) is 3.21. The van der Waals surface area contributed by atoms with Crippen LogP contribution in [0.2, 0.25) is 0 Å². The number of nitrogen functional groups attached to an aromatic ring is 1. The molecule has 2 heterocycles. The van der Waals surface area contributed by atoms with Gasteiger partial charge in [-0.1, -0.05) is 0 Å². The maximum absolute atomic E-state index is 12.0. The maximum Gasteiger partial charge on any atom is 0.312 e. The van der Waals surface area contributed by atoms with Crippen LogP contribution >= 0.6 is 0 Å². The van der Waals surface area contributed by atoms with Crippen molar-refractivity contribution in [3.63, 3.8) is 0 Å². The zero-order chi connectivity index (χ0) is 14.8. The summed E-state index contributed by atoms with van der Waals surface area (Å²) in [6, 6.07) is 0.889. The molecule has 10 heteroatoms. The smallest absolute Gasteiger partial charge is 0.312 e. The van der Waals surface area contributed by atoms with Crippen LogP contribution in [0, 0.1) is 10.1 Å². The van der Waals surface area contributed by atoms with Gasteiger partial charge in [-0.15, -0.1) is 0 Å². The lowest BCUT2D eigenvalue weighted by molar-refractivity contribution is -0.384. The quantitative estimate of drug-likeness (QED) is 0.578. The van der Waals surface area contributed by atoms with Gasteiger partial charge in [-0.3, -0.25) is 10.1 Å². The molecule has 3 N–H and O–H groups in total. The van der Waals surface area contributed by atoms with Crippen molar-refractivity contribution in [3.8, 4) is 0 Å². The summed E-state index contributed by atoms with van der Waals surface area (Å²) in [5.74, 6) is -0.326. The number of nitrogens with one attached hydrogen (secondary N) is 1. The van der Waals surface area contributed by atoms with E-state index in [1.54, 1.807) is 0 Å². The van der Waals surface area contributed by atoms with E-state index in [0.29, 0.717) is 6.61 Å². The second kappa shape index (κ2) is 5.69. The van der Waals surface area contributed by atoms with Crippen molar-refractivity contribution in [1.82, 2.24) is 9.71 Å². The maximum atomic E-state index is 12.0. The first kappa shape index (κ1) is 14.6. The number of aromatic nitrogens is 1. The molecule has 1 aliphatic rings. The van der Waals surface area contributed by atoms with Gasteiger partial charge in [-0.05, 0) is 12.8 Å². The van der Waals surface area contributed by atoms with Gasteiger partial charge in [0.1, 0.15) is 4.90 Å². The minimum absolute atomic E-state index is 0.126. The first-order chi connectivity index (χ1) is 9.40. The molecular formula is C10H14N4O5S. The molecule has 1 fully saturated rings. The van der Waals surface area contributed by atoms with Crippen LogP contribution in [-0.2, 0) is 14.8 Å².